The van der Waals surface area contributed by atoms with Gasteiger partial charge in [0.05, 0.1) is 0 Å². The third-order valence-corrected chi connectivity index (χ3v) is 6.53. The fourth-order valence-corrected chi connectivity index (χ4v) is 4.91. The molecule has 32 heavy (non-hydrogen) atoms. The Morgan fingerprint density at radius 3 is 1.16 bits per heavy atom. The molecule has 0 amide bonds. The van der Waals surface area contributed by atoms with Gasteiger partial charge in [-0.2, -0.15) is 0 Å². The van der Waals surface area contributed by atoms with Crippen molar-refractivity contribution in [2.24, 2.45) is 0 Å². The summed E-state index contributed by atoms with van der Waals surface area (Å²) < 4.78 is 0. The number of fused-ring (bicyclic) bond motifs is 6. The number of hydrogen-bond acceptors (Lipinski definition) is 0. The van der Waals surface area contributed by atoms with Crippen molar-refractivity contribution in [3.8, 4) is 22.3 Å². The summed E-state index contributed by atoms with van der Waals surface area (Å²) in [5, 5.41) is 5.01. The van der Waals surface area contributed by atoms with Gasteiger partial charge in [0.1, 0.15) is 0 Å². The lowest BCUT2D eigenvalue weighted by atomic mass is 10.0. The molecule has 0 aliphatic carbocycles. The van der Waals surface area contributed by atoms with Crippen LogP contribution < -0.4 is 0 Å². The predicted octanol–water partition coefficient (Wildman–Crippen LogP) is 8.29. The van der Waals surface area contributed by atoms with Crippen LogP contribution in [-0.2, 0) is 0 Å². The summed E-state index contributed by atoms with van der Waals surface area (Å²) >= 11 is 0. The molecule has 7 aromatic rings. The van der Waals surface area contributed by atoms with Gasteiger partial charge in [-0.3, -0.25) is 0 Å². The second kappa shape index (κ2) is 6.60. The van der Waals surface area contributed by atoms with Crippen LogP contribution in [0.5, 0.6) is 0 Å². The van der Waals surface area contributed by atoms with Gasteiger partial charge in [-0.1, -0.05) is 72.8 Å². The summed E-state index contributed by atoms with van der Waals surface area (Å²) in [7, 11) is 0. The number of H-pyrrole nitrogens is 2. The summed E-state index contributed by atoms with van der Waals surface area (Å²) in [6.45, 7) is 0. The van der Waals surface area contributed by atoms with E-state index in [4.69, 9.17) is 0 Å². The minimum Gasteiger partial charge on any atom is -0.354 e. The Balaban J connectivity index is 1.46. The Bertz CT molecular complexity index is 1620. The zero-order chi connectivity index (χ0) is 21.1. The zero-order valence-corrected chi connectivity index (χ0v) is 17.4. The van der Waals surface area contributed by atoms with Gasteiger partial charge in [0.2, 0.25) is 0 Å². The molecular formula is C30H20N2. The Labute approximate surface area is 185 Å². The highest BCUT2D eigenvalue weighted by Gasteiger charge is 2.12. The van der Waals surface area contributed by atoms with Crippen molar-refractivity contribution in [1.82, 2.24) is 9.97 Å². The van der Waals surface area contributed by atoms with Gasteiger partial charge in [-0.25, -0.2) is 0 Å². The first-order valence-electron chi connectivity index (χ1n) is 11.0. The van der Waals surface area contributed by atoms with Crippen LogP contribution in [0.3, 0.4) is 0 Å². The van der Waals surface area contributed by atoms with Crippen LogP contribution in [0, 0.1) is 0 Å². The minimum absolute atomic E-state index is 1.17. The van der Waals surface area contributed by atoms with Crippen LogP contribution in [-0.4, -0.2) is 9.97 Å². The maximum Gasteiger partial charge on any atom is 0.0472 e. The number of rotatable bonds is 2. The zero-order valence-electron chi connectivity index (χ0n) is 17.4. The number of aromatic nitrogens is 2. The van der Waals surface area contributed by atoms with E-state index in [2.05, 4.69) is 119 Å². The molecule has 5 aromatic carbocycles. The number of hydrogen-bond donors (Lipinski definition) is 2. The van der Waals surface area contributed by atoms with Crippen LogP contribution in [0.15, 0.2) is 109 Å². The Kier molecular flexibility index (Phi) is 3.58. The lowest BCUT2D eigenvalue weighted by Gasteiger charge is -2.02. The van der Waals surface area contributed by atoms with E-state index in [1.807, 2.05) is 0 Å². The fraction of sp³-hybridized carbons (Fsp3) is 0. The SMILES string of the molecule is c1ccc(-c2ccc3[nH]c4cc5c(cc4c3c2)[nH]c2ccc(-c3ccccc3)cc25)cc1. The maximum atomic E-state index is 3.64. The highest BCUT2D eigenvalue weighted by Crippen LogP contribution is 2.36. The molecule has 2 heterocycles. The third kappa shape index (κ3) is 2.60. The molecule has 0 unspecified atom stereocenters. The van der Waals surface area contributed by atoms with Gasteiger partial charge in [-0.05, 0) is 58.7 Å². The van der Waals surface area contributed by atoms with Crippen LogP contribution >= 0.6 is 0 Å². The second-order valence-electron chi connectivity index (χ2n) is 8.45. The summed E-state index contributed by atoms with van der Waals surface area (Å²) in [6, 6.07) is 39.1. The summed E-state index contributed by atoms with van der Waals surface area (Å²) in [5.41, 5.74) is 9.63. The molecule has 0 aliphatic heterocycles. The molecule has 150 valence electrons. The standard InChI is InChI=1S/C30H20N2/c1-3-7-19(8-4-1)21-11-13-27-23(15-21)25-17-30-26(18-29(25)31-27)24-16-22(12-14-28(24)32-30)20-9-5-2-6-10-20/h1-18,31-32H. The van der Waals surface area contributed by atoms with Crippen molar-refractivity contribution in [2.75, 3.05) is 0 Å². The quantitative estimate of drug-likeness (QED) is 0.288. The smallest absolute Gasteiger partial charge is 0.0472 e. The Morgan fingerprint density at radius 1 is 0.312 bits per heavy atom. The van der Waals surface area contributed by atoms with Gasteiger partial charge in [-0.15, -0.1) is 0 Å². The van der Waals surface area contributed by atoms with Gasteiger partial charge in [0.15, 0.2) is 0 Å². The van der Waals surface area contributed by atoms with E-state index in [0.717, 1.165) is 0 Å². The Morgan fingerprint density at radius 2 is 0.719 bits per heavy atom. The van der Waals surface area contributed by atoms with Gasteiger partial charge < -0.3 is 9.97 Å². The van der Waals surface area contributed by atoms with E-state index >= 15 is 0 Å². The van der Waals surface area contributed by atoms with Crippen molar-refractivity contribution < 1.29 is 0 Å². The van der Waals surface area contributed by atoms with Gasteiger partial charge >= 0.3 is 0 Å². The van der Waals surface area contributed by atoms with E-state index in [1.165, 1.54) is 65.9 Å². The average molecular weight is 409 g/mol. The second-order valence-corrected chi connectivity index (χ2v) is 8.45. The maximum absolute atomic E-state index is 3.64. The van der Waals surface area contributed by atoms with Crippen LogP contribution in [0.1, 0.15) is 0 Å². The monoisotopic (exact) mass is 408 g/mol. The normalized spacial score (nSPS) is 11.8. The van der Waals surface area contributed by atoms with E-state index < -0.39 is 0 Å². The average Bonchev–Trinajstić information content (AvgIpc) is 3.40. The first-order valence-corrected chi connectivity index (χ1v) is 11.0. The molecule has 2 nitrogen and oxygen atoms in total. The third-order valence-electron chi connectivity index (χ3n) is 6.53. The molecule has 7 rings (SSSR count). The molecule has 2 N–H and O–H groups in total. The molecule has 2 heteroatoms. The predicted molar refractivity (Wildman–Crippen MR) is 136 cm³/mol. The van der Waals surface area contributed by atoms with E-state index in [0.29, 0.717) is 0 Å². The van der Waals surface area contributed by atoms with Gasteiger partial charge in [0, 0.05) is 43.6 Å². The van der Waals surface area contributed by atoms with Gasteiger partial charge in [0.25, 0.3) is 0 Å². The molecular weight excluding hydrogens is 388 g/mol. The molecule has 0 bridgehead atoms. The van der Waals surface area contributed by atoms with Crippen molar-refractivity contribution >= 4 is 43.6 Å². The number of nitrogens with one attached hydrogen (secondary N) is 2. The summed E-state index contributed by atoms with van der Waals surface area (Å²) in [6.07, 6.45) is 0. The lowest BCUT2D eigenvalue weighted by Crippen LogP contribution is -1.77. The molecule has 2 aromatic heterocycles. The minimum atomic E-state index is 1.17. The van der Waals surface area contributed by atoms with E-state index in [-0.39, 0.29) is 0 Å². The van der Waals surface area contributed by atoms with Crippen LogP contribution in [0.4, 0.5) is 0 Å². The summed E-state index contributed by atoms with van der Waals surface area (Å²) in [5.74, 6) is 0. The van der Waals surface area contributed by atoms with Crippen molar-refractivity contribution in [3.05, 3.63) is 109 Å². The molecule has 0 aliphatic rings. The summed E-state index contributed by atoms with van der Waals surface area (Å²) in [4.78, 5) is 7.27. The first-order chi connectivity index (χ1) is 15.8. The lowest BCUT2D eigenvalue weighted by molar-refractivity contribution is 1.54. The Hall–Kier alpha value is -4.30. The molecule has 0 spiro atoms. The molecule has 0 saturated carbocycles. The van der Waals surface area contributed by atoms with Crippen molar-refractivity contribution in [3.63, 3.8) is 0 Å². The highest BCUT2D eigenvalue weighted by atomic mass is 14.7. The topological polar surface area (TPSA) is 31.6 Å². The molecule has 0 fully saturated rings. The van der Waals surface area contributed by atoms with Crippen LogP contribution in [0.25, 0.3) is 65.9 Å². The molecule has 0 saturated heterocycles. The number of benzene rings is 5. The van der Waals surface area contributed by atoms with E-state index in [9.17, 15) is 0 Å². The first kappa shape index (κ1) is 17.4. The van der Waals surface area contributed by atoms with Crippen molar-refractivity contribution in [2.45, 2.75) is 0 Å². The molecule has 0 radical (unpaired) electrons. The molecule has 0 atom stereocenters. The van der Waals surface area contributed by atoms with Crippen LogP contribution in [0.2, 0.25) is 0 Å². The van der Waals surface area contributed by atoms with Crippen molar-refractivity contribution in [1.29, 1.82) is 0 Å². The number of aromatic amines is 2. The fourth-order valence-electron chi connectivity index (χ4n) is 4.91. The highest BCUT2D eigenvalue weighted by molar-refractivity contribution is 6.17. The van der Waals surface area contributed by atoms with E-state index in [1.54, 1.807) is 0 Å². The largest absolute Gasteiger partial charge is 0.354 e.